The minimum Gasteiger partial charge on any atom is -0.323 e. The van der Waals surface area contributed by atoms with Crippen LogP contribution in [0.25, 0.3) is 0 Å². The third-order valence-corrected chi connectivity index (χ3v) is 5.46. The van der Waals surface area contributed by atoms with E-state index in [-0.39, 0.29) is 16.3 Å². The van der Waals surface area contributed by atoms with E-state index in [1.54, 1.807) is 24.3 Å². The Balaban J connectivity index is 2.10. The van der Waals surface area contributed by atoms with Gasteiger partial charge in [-0.2, -0.15) is 8.42 Å². The standard InChI is InChI=1S/C14H16N2O5S2/c15-14(11-4-2-1-3-5-11)10-16-22(17,18)12-6-8-13(9-7-12)23(19,20)21/h1-9,14,16H,10,15H2,(H,19,20,21). The van der Waals surface area contributed by atoms with E-state index in [1.165, 1.54) is 0 Å². The van der Waals surface area contributed by atoms with Gasteiger partial charge in [0.1, 0.15) is 0 Å². The Bertz CT molecular complexity index is 863. The molecule has 9 heteroatoms. The summed E-state index contributed by atoms with van der Waals surface area (Å²) in [5.41, 5.74) is 6.71. The zero-order valence-electron chi connectivity index (χ0n) is 12.0. The smallest absolute Gasteiger partial charge is 0.294 e. The predicted molar refractivity (Wildman–Crippen MR) is 84.8 cm³/mol. The molecule has 0 spiro atoms. The number of benzene rings is 2. The summed E-state index contributed by atoms with van der Waals surface area (Å²) >= 11 is 0. The summed E-state index contributed by atoms with van der Waals surface area (Å²) in [6, 6.07) is 12.7. The summed E-state index contributed by atoms with van der Waals surface area (Å²) in [5.74, 6) is 0. The minimum absolute atomic E-state index is 0.00754. The molecule has 0 saturated heterocycles. The van der Waals surface area contributed by atoms with Gasteiger partial charge >= 0.3 is 0 Å². The summed E-state index contributed by atoms with van der Waals surface area (Å²) in [4.78, 5) is -0.498. The average molecular weight is 356 g/mol. The molecule has 0 bridgehead atoms. The Morgan fingerprint density at radius 2 is 1.43 bits per heavy atom. The summed E-state index contributed by atoms with van der Waals surface area (Å²) < 4.78 is 57.4. The number of hydrogen-bond donors (Lipinski definition) is 3. The molecule has 7 nitrogen and oxygen atoms in total. The van der Waals surface area contributed by atoms with E-state index in [1.807, 2.05) is 6.07 Å². The van der Waals surface area contributed by atoms with E-state index in [0.29, 0.717) is 0 Å². The lowest BCUT2D eigenvalue weighted by Crippen LogP contribution is -2.32. The molecule has 0 aliphatic rings. The van der Waals surface area contributed by atoms with Crippen molar-refractivity contribution in [2.45, 2.75) is 15.8 Å². The molecule has 1 atom stereocenters. The molecule has 2 rings (SSSR count). The molecule has 0 amide bonds. The molecule has 23 heavy (non-hydrogen) atoms. The Morgan fingerprint density at radius 1 is 0.913 bits per heavy atom. The molecule has 0 radical (unpaired) electrons. The molecule has 0 fully saturated rings. The van der Waals surface area contributed by atoms with Crippen molar-refractivity contribution in [3.05, 3.63) is 60.2 Å². The van der Waals surface area contributed by atoms with Gasteiger partial charge in [-0.05, 0) is 29.8 Å². The molecular weight excluding hydrogens is 340 g/mol. The van der Waals surface area contributed by atoms with Crippen LogP contribution in [0.3, 0.4) is 0 Å². The quantitative estimate of drug-likeness (QED) is 0.660. The molecule has 2 aromatic carbocycles. The first-order chi connectivity index (χ1) is 10.7. The maximum Gasteiger partial charge on any atom is 0.294 e. The third kappa shape index (κ3) is 4.60. The highest BCUT2D eigenvalue weighted by atomic mass is 32.2. The number of hydrogen-bond acceptors (Lipinski definition) is 5. The summed E-state index contributed by atoms with van der Waals surface area (Å²) in [5, 5.41) is 0. The zero-order valence-corrected chi connectivity index (χ0v) is 13.6. The van der Waals surface area contributed by atoms with Crippen molar-refractivity contribution in [3.8, 4) is 0 Å². The van der Waals surface area contributed by atoms with Crippen LogP contribution in [0.5, 0.6) is 0 Å². The Hall–Kier alpha value is -1.78. The minimum atomic E-state index is -4.36. The highest BCUT2D eigenvalue weighted by Crippen LogP contribution is 2.15. The van der Waals surface area contributed by atoms with Crippen molar-refractivity contribution in [2.75, 3.05) is 6.54 Å². The highest BCUT2D eigenvalue weighted by Gasteiger charge is 2.17. The van der Waals surface area contributed by atoms with Gasteiger partial charge in [0, 0.05) is 12.6 Å². The van der Waals surface area contributed by atoms with Crippen LogP contribution in [0.2, 0.25) is 0 Å². The van der Waals surface area contributed by atoms with Crippen molar-refractivity contribution < 1.29 is 21.4 Å². The van der Waals surface area contributed by atoms with E-state index in [0.717, 1.165) is 29.8 Å². The lowest BCUT2D eigenvalue weighted by molar-refractivity contribution is 0.483. The van der Waals surface area contributed by atoms with Gasteiger partial charge in [-0.15, -0.1) is 0 Å². The van der Waals surface area contributed by atoms with Crippen LogP contribution in [0, 0.1) is 0 Å². The number of rotatable bonds is 6. The van der Waals surface area contributed by atoms with Gasteiger partial charge in [-0.25, -0.2) is 13.1 Å². The first kappa shape index (κ1) is 17.6. The fourth-order valence-corrected chi connectivity index (χ4v) is 3.43. The van der Waals surface area contributed by atoms with Crippen molar-refractivity contribution in [1.82, 2.24) is 4.72 Å². The Kier molecular flexibility index (Phi) is 5.17. The van der Waals surface area contributed by atoms with Gasteiger partial charge in [0.2, 0.25) is 10.0 Å². The number of nitrogens with one attached hydrogen (secondary N) is 1. The average Bonchev–Trinajstić information content (AvgIpc) is 2.53. The zero-order chi connectivity index (χ0) is 17.1. The van der Waals surface area contributed by atoms with Crippen molar-refractivity contribution in [2.24, 2.45) is 5.73 Å². The molecular formula is C14H16N2O5S2. The van der Waals surface area contributed by atoms with Crippen LogP contribution in [-0.2, 0) is 20.1 Å². The third-order valence-electron chi connectivity index (χ3n) is 3.15. The van der Waals surface area contributed by atoms with Gasteiger partial charge in [-0.1, -0.05) is 30.3 Å². The lowest BCUT2D eigenvalue weighted by atomic mass is 10.1. The summed E-state index contributed by atoms with van der Waals surface area (Å²) in [6.45, 7) is -0.00754. The van der Waals surface area contributed by atoms with E-state index >= 15 is 0 Å². The lowest BCUT2D eigenvalue weighted by Gasteiger charge is -2.13. The fraction of sp³-hybridized carbons (Fsp3) is 0.143. The van der Waals surface area contributed by atoms with E-state index in [9.17, 15) is 16.8 Å². The maximum atomic E-state index is 12.2. The topological polar surface area (TPSA) is 127 Å². The van der Waals surface area contributed by atoms with Gasteiger partial charge in [0.15, 0.2) is 0 Å². The Morgan fingerprint density at radius 3 is 1.96 bits per heavy atom. The highest BCUT2D eigenvalue weighted by molar-refractivity contribution is 7.89. The van der Waals surface area contributed by atoms with Crippen LogP contribution in [-0.4, -0.2) is 27.9 Å². The van der Waals surface area contributed by atoms with Gasteiger partial charge in [0.05, 0.1) is 9.79 Å². The SMILES string of the molecule is NC(CNS(=O)(=O)c1ccc(S(=O)(=O)O)cc1)c1ccccc1. The van der Waals surface area contributed by atoms with Crippen LogP contribution >= 0.6 is 0 Å². The van der Waals surface area contributed by atoms with Crippen LogP contribution < -0.4 is 10.5 Å². The molecule has 0 aliphatic heterocycles. The second-order valence-electron chi connectivity index (χ2n) is 4.82. The van der Waals surface area contributed by atoms with E-state index < -0.39 is 26.2 Å². The maximum absolute atomic E-state index is 12.2. The molecule has 0 heterocycles. The van der Waals surface area contributed by atoms with Crippen molar-refractivity contribution in [3.63, 3.8) is 0 Å². The first-order valence-electron chi connectivity index (χ1n) is 6.58. The van der Waals surface area contributed by atoms with E-state index in [2.05, 4.69) is 4.72 Å². The molecule has 124 valence electrons. The molecule has 1 unspecified atom stereocenters. The number of sulfonamides is 1. The van der Waals surface area contributed by atoms with Crippen LogP contribution in [0.1, 0.15) is 11.6 Å². The van der Waals surface area contributed by atoms with Gasteiger partial charge < -0.3 is 5.73 Å². The van der Waals surface area contributed by atoms with Gasteiger partial charge in [-0.3, -0.25) is 4.55 Å². The fourth-order valence-electron chi connectivity index (χ4n) is 1.89. The predicted octanol–water partition coefficient (Wildman–Crippen LogP) is 0.912. The second-order valence-corrected chi connectivity index (χ2v) is 8.00. The molecule has 4 N–H and O–H groups in total. The second kappa shape index (κ2) is 6.77. The largest absolute Gasteiger partial charge is 0.323 e. The van der Waals surface area contributed by atoms with Crippen LogP contribution in [0.4, 0.5) is 0 Å². The van der Waals surface area contributed by atoms with E-state index in [4.69, 9.17) is 10.3 Å². The summed E-state index contributed by atoms with van der Waals surface area (Å²) in [6.07, 6.45) is 0. The summed E-state index contributed by atoms with van der Waals surface area (Å²) in [7, 11) is -8.19. The molecule has 0 saturated carbocycles. The molecule has 0 aliphatic carbocycles. The van der Waals surface area contributed by atoms with Crippen molar-refractivity contribution >= 4 is 20.1 Å². The normalized spacial score (nSPS) is 13.7. The molecule has 2 aromatic rings. The first-order valence-corrected chi connectivity index (χ1v) is 9.50. The monoisotopic (exact) mass is 356 g/mol. The van der Waals surface area contributed by atoms with Gasteiger partial charge in [0.25, 0.3) is 10.1 Å². The molecule has 0 aromatic heterocycles. The number of nitrogens with two attached hydrogens (primary N) is 1. The van der Waals surface area contributed by atoms with Crippen LogP contribution in [0.15, 0.2) is 64.4 Å². The Labute approximate surface area is 134 Å². The van der Waals surface area contributed by atoms with Crippen molar-refractivity contribution in [1.29, 1.82) is 0 Å².